The van der Waals surface area contributed by atoms with Gasteiger partial charge >= 0.3 is 0 Å². The monoisotopic (exact) mass is 145 g/mol. The highest BCUT2D eigenvalue weighted by molar-refractivity contribution is 4.41. The molecule has 0 atom stereocenters. The molecule has 0 aromatic heterocycles. The highest BCUT2D eigenvalue weighted by Gasteiger charge is 1.91. The molecule has 56 valence electrons. The molecule has 10 heavy (non-hydrogen) atoms. The molecule has 0 amide bonds. The summed E-state index contributed by atoms with van der Waals surface area (Å²) < 4.78 is 0. The minimum Gasteiger partial charge on any atom is -0.597 e. The van der Waals surface area contributed by atoms with Crippen LogP contribution in [0, 0.1) is 5.21 Å². The van der Waals surface area contributed by atoms with Crippen molar-refractivity contribution in [2.24, 2.45) is 10.4 Å². The van der Waals surface area contributed by atoms with E-state index >= 15 is 0 Å². The van der Waals surface area contributed by atoms with Crippen LogP contribution in [-0.4, -0.2) is 25.1 Å². The Hall–Kier alpha value is -1.49. The van der Waals surface area contributed by atoms with Gasteiger partial charge < -0.3 is 10.0 Å². The van der Waals surface area contributed by atoms with Gasteiger partial charge in [0.1, 0.15) is 7.11 Å². The highest BCUT2D eigenvalue weighted by atomic mass is 16.7. The van der Waals surface area contributed by atoms with Gasteiger partial charge in [-0.2, -0.15) is 0 Å². The second-order valence-electron chi connectivity index (χ2n) is 1.29. The summed E-state index contributed by atoms with van der Waals surface area (Å²) in [6.45, 7) is 0.102. The van der Waals surface area contributed by atoms with Gasteiger partial charge in [0.2, 0.25) is 0 Å². The Morgan fingerprint density at radius 2 is 2.50 bits per heavy atom. The third kappa shape index (κ3) is 4.66. The van der Waals surface area contributed by atoms with Crippen LogP contribution in [0.4, 0.5) is 0 Å². The van der Waals surface area contributed by atoms with Gasteiger partial charge in [0.25, 0.3) is 0 Å². The van der Waals surface area contributed by atoms with Crippen molar-refractivity contribution in [2.75, 3.05) is 20.2 Å². The van der Waals surface area contributed by atoms with Gasteiger partial charge in [0.15, 0.2) is 11.8 Å². The maximum absolute atomic E-state index is 10.4. The quantitative estimate of drug-likeness (QED) is 0.192. The number of rotatable bonds is 4. The first-order valence-corrected chi connectivity index (χ1v) is 2.51. The van der Waals surface area contributed by atoms with Gasteiger partial charge in [-0.3, -0.25) is 0 Å². The van der Waals surface area contributed by atoms with Crippen LogP contribution in [0.15, 0.2) is 10.4 Å². The highest BCUT2D eigenvalue weighted by Crippen LogP contribution is 1.78. The fourth-order valence-electron chi connectivity index (χ4n) is 0.307. The fraction of sp³-hybridized carbons (Fsp3) is 1.00. The third-order valence-electron chi connectivity index (χ3n) is 0.627. The van der Waals surface area contributed by atoms with Crippen molar-refractivity contribution < 1.29 is 9.70 Å². The van der Waals surface area contributed by atoms with Gasteiger partial charge in [-0.1, -0.05) is 9.97 Å². The van der Waals surface area contributed by atoms with Crippen LogP contribution in [0.1, 0.15) is 0 Å². The molecule has 0 saturated carbocycles. The topological polar surface area (TPSA) is 96.4 Å². The Balaban J connectivity index is 3.48. The molecule has 0 aromatic rings. The zero-order valence-corrected chi connectivity index (χ0v) is 5.47. The lowest BCUT2D eigenvalue weighted by Crippen LogP contribution is -2.05. The van der Waals surface area contributed by atoms with Gasteiger partial charge in [0, 0.05) is 4.91 Å². The van der Waals surface area contributed by atoms with Crippen LogP contribution in [0.2, 0.25) is 0 Å². The van der Waals surface area contributed by atoms with Crippen LogP contribution >= 0.6 is 0 Å². The van der Waals surface area contributed by atoms with E-state index in [1.807, 2.05) is 0 Å². The molecule has 0 saturated heterocycles. The maximum atomic E-state index is 10.4. The van der Waals surface area contributed by atoms with E-state index in [1.54, 1.807) is 0 Å². The Morgan fingerprint density at radius 1 is 1.80 bits per heavy atom. The van der Waals surface area contributed by atoms with Crippen LogP contribution < -0.4 is 0 Å². The van der Waals surface area contributed by atoms with Gasteiger partial charge in [-0.25, -0.2) is 0 Å². The Morgan fingerprint density at radius 3 is 3.00 bits per heavy atom. The van der Waals surface area contributed by atoms with Gasteiger partial charge in [-0.05, 0) is 5.53 Å². The van der Waals surface area contributed by atoms with Crippen molar-refractivity contribution in [3.05, 3.63) is 15.7 Å². The number of hydrogen-bond donors (Lipinski definition) is 0. The Bertz CT molecular complexity index is 160. The summed E-state index contributed by atoms with van der Waals surface area (Å²) in [6.07, 6.45) is 0. The number of hydroxylamine groups is 1. The van der Waals surface area contributed by atoms with Crippen LogP contribution in [-0.2, 0) is 4.84 Å². The molecular formula is C3H7N5O2. The average Bonchev–Trinajstić information content (AvgIpc) is 1.89. The summed E-state index contributed by atoms with van der Waals surface area (Å²) >= 11 is 0. The first-order chi connectivity index (χ1) is 4.81. The van der Waals surface area contributed by atoms with Crippen LogP contribution in [0.5, 0.6) is 0 Å². The molecule has 0 bridgehead atoms. The zero-order chi connectivity index (χ0) is 7.82. The second-order valence-corrected chi connectivity index (χ2v) is 1.29. The summed E-state index contributed by atoms with van der Waals surface area (Å²) in [6, 6.07) is 0. The first-order valence-electron chi connectivity index (χ1n) is 2.51. The SMILES string of the molecule is CO/N=[N+](\[O-])CCN=[N+]=[N-]. The second kappa shape index (κ2) is 5.64. The molecule has 0 radical (unpaired) electrons. The lowest BCUT2D eigenvalue weighted by Gasteiger charge is -1.93. The van der Waals surface area contributed by atoms with E-state index in [2.05, 4.69) is 20.1 Å². The number of hydrogen-bond acceptors (Lipinski definition) is 4. The largest absolute Gasteiger partial charge is 0.597 e. The average molecular weight is 145 g/mol. The van der Waals surface area contributed by atoms with E-state index in [0.29, 0.717) is 4.86 Å². The molecule has 0 aromatic carbocycles. The summed E-state index contributed by atoms with van der Waals surface area (Å²) in [4.78, 5) is 6.88. The Kier molecular flexibility index (Phi) is 4.80. The molecule has 0 aliphatic carbocycles. The number of nitrogens with zero attached hydrogens (tertiary/aromatic N) is 5. The minimum absolute atomic E-state index is 0.0118. The van der Waals surface area contributed by atoms with E-state index in [4.69, 9.17) is 5.53 Å². The molecule has 7 nitrogen and oxygen atoms in total. The normalized spacial score (nSPS) is 10.3. The fourth-order valence-corrected chi connectivity index (χ4v) is 0.307. The first kappa shape index (κ1) is 8.51. The molecule has 0 fully saturated rings. The van der Waals surface area contributed by atoms with Crippen molar-refractivity contribution in [1.82, 2.24) is 0 Å². The van der Waals surface area contributed by atoms with E-state index < -0.39 is 0 Å². The van der Waals surface area contributed by atoms with E-state index in [1.165, 1.54) is 7.11 Å². The number of azide groups is 1. The zero-order valence-electron chi connectivity index (χ0n) is 5.47. The minimum atomic E-state index is 0.0118. The molecule has 0 unspecified atom stereocenters. The Labute approximate surface area is 57.1 Å². The maximum Gasteiger partial charge on any atom is 0.199 e. The molecule has 0 heterocycles. The predicted octanol–water partition coefficient (Wildman–Crippen LogP) is 0.821. The molecule has 0 N–H and O–H groups in total. The lowest BCUT2D eigenvalue weighted by molar-refractivity contribution is -0.554. The smallest absolute Gasteiger partial charge is 0.199 e. The molecular weight excluding hydrogens is 138 g/mol. The van der Waals surface area contributed by atoms with E-state index in [9.17, 15) is 5.21 Å². The van der Waals surface area contributed by atoms with Gasteiger partial charge in [0.05, 0.1) is 6.54 Å². The third-order valence-corrected chi connectivity index (χ3v) is 0.627. The summed E-state index contributed by atoms with van der Waals surface area (Å²) in [5, 5.41) is 16.5. The summed E-state index contributed by atoms with van der Waals surface area (Å²) in [7, 11) is 1.26. The van der Waals surface area contributed by atoms with E-state index in [-0.39, 0.29) is 13.1 Å². The standard InChI is InChI=1S/C3H7N5O2/c1-10-7-8(9)3-2-5-6-4/h2-3H2,1H3/b8-7-. The van der Waals surface area contributed by atoms with Crippen molar-refractivity contribution in [3.63, 3.8) is 0 Å². The molecule has 0 spiro atoms. The molecule has 0 rings (SSSR count). The summed E-state index contributed by atoms with van der Waals surface area (Å²) in [5.74, 6) is 0. The lowest BCUT2D eigenvalue weighted by atomic mass is 10.7. The molecule has 7 heteroatoms. The van der Waals surface area contributed by atoms with Crippen molar-refractivity contribution >= 4 is 0 Å². The van der Waals surface area contributed by atoms with Crippen LogP contribution in [0.25, 0.3) is 10.4 Å². The van der Waals surface area contributed by atoms with Crippen LogP contribution in [0.3, 0.4) is 0 Å². The van der Waals surface area contributed by atoms with E-state index in [0.717, 1.165) is 0 Å². The summed E-state index contributed by atoms with van der Waals surface area (Å²) in [5.41, 5.74) is 7.78. The predicted molar refractivity (Wildman–Crippen MR) is 31.9 cm³/mol. The van der Waals surface area contributed by atoms with Crippen molar-refractivity contribution in [1.29, 1.82) is 0 Å². The van der Waals surface area contributed by atoms with Crippen molar-refractivity contribution in [3.8, 4) is 0 Å². The molecule has 0 aliphatic rings. The van der Waals surface area contributed by atoms with Crippen molar-refractivity contribution in [2.45, 2.75) is 0 Å². The van der Waals surface area contributed by atoms with Gasteiger partial charge in [-0.15, -0.1) is 0 Å². The molecule has 0 aliphatic heterocycles.